The van der Waals surface area contributed by atoms with Gasteiger partial charge >= 0.3 is 0 Å². The highest BCUT2D eigenvalue weighted by Crippen LogP contribution is 2.36. The smallest absolute Gasteiger partial charge is 0.119 e. The van der Waals surface area contributed by atoms with E-state index >= 15 is 0 Å². The molecule has 1 aromatic carbocycles. The van der Waals surface area contributed by atoms with Crippen molar-refractivity contribution in [3.63, 3.8) is 0 Å². The Balaban J connectivity index is 2.29. The molecule has 0 spiro atoms. The minimum Gasteiger partial charge on any atom is -0.497 e. The van der Waals surface area contributed by atoms with E-state index in [0.29, 0.717) is 5.92 Å². The van der Waals surface area contributed by atoms with Crippen molar-refractivity contribution in [2.45, 2.75) is 31.7 Å². The van der Waals surface area contributed by atoms with Crippen molar-refractivity contribution in [2.24, 2.45) is 0 Å². The molecule has 2 heteroatoms. The van der Waals surface area contributed by atoms with Gasteiger partial charge in [-0.15, -0.1) is 0 Å². The second kappa shape index (κ2) is 3.86. The fraction of sp³-hybridized carbons (Fsp3) is 0.538. The molecule has 1 saturated heterocycles. The van der Waals surface area contributed by atoms with Gasteiger partial charge in [0.25, 0.3) is 0 Å². The van der Waals surface area contributed by atoms with Crippen molar-refractivity contribution >= 4 is 0 Å². The minimum atomic E-state index is 0.201. The van der Waals surface area contributed by atoms with Crippen LogP contribution in [0.15, 0.2) is 24.3 Å². The van der Waals surface area contributed by atoms with E-state index in [4.69, 9.17) is 4.74 Å². The van der Waals surface area contributed by atoms with E-state index in [1.165, 1.54) is 12.0 Å². The van der Waals surface area contributed by atoms with Gasteiger partial charge in [0.05, 0.1) is 7.11 Å². The molecule has 1 heterocycles. The molecule has 1 aliphatic rings. The second-order valence-electron chi connectivity index (χ2n) is 4.77. The van der Waals surface area contributed by atoms with Gasteiger partial charge in [-0.2, -0.15) is 0 Å². The van der Waals surface area contributed by atoms with Gasteiger partial charge in [-0.1, -0.05) is 12.1 Å². The van der Waals surface area contributed by atoms with Crippen molar-refractivity contribution in [1.29, 1.82) is 0 Å². The molecular weight excluding hydrogens is 186 g/mol. The summed E-state index contributed by atoms with van der Waals surface area (Å²) in [6.45, 7) is 5.64. The molecule has 0 radical (unpaired) electrons. The Labute approximate surface area is 91.6 Å². The zero-order valence-electron chi connectivity index (χ0n) is 9.71. The van der Waals surface area contributed by atoms with Crippen molar-refractivity contribution < 1.29 is 4.74 Å². The summed E-state index contributed by atoms with van der Waals surface area (Å²) in [6, 6.07) is 8.42. The monoisotopic (exact) mass is 205 g/mol. The van der Waals surface area contributed by atoms with Gasteiger partial charge < -0.3 is 10.1 Å². The summed E-state index contributed by atoms with van der Waals surface area (Å²) in [5, 5.41) is 3.54. The number of hydrogen-bond donors (Lipinski definition) is 1. The van der Waals surface area contributed by atoms with Gasteiger partial charge in [-0.05, 0) is 44.5 Å². The first kappa shape index (κ1) is 10.5. The Morgan fingerprint density at radius 1 is 1.40 bits per heavy atom. The van der Waals surface area contributed by atoms with Gasteiger partial charge in [0.1, 0.15) is 5.75 Å². The van der Waals surface area contributed by atoms with Crippen molar-refractivity contribution in [3.8, 4) is 5.75 Å². The van der Waals surface area contributed by atoms with Crippen LogP contribution in [0.1, 0.15) is 31.7 Å². The molecule has 1 atom stereocenters. The van der Waals surface area contributed by atoms with Crippen LogP contribution in [0.2, 0.25) is 0 Å². The summed E-state index contributed by atoms with van der Waals surface area (Å²) in [7, 11) is 1.72. The quantitative estimate of drug-likeness (QED) is 0.801. The summed E-state index contributed by atoms with van der Waals surface area (Å²) < 4.78 is 5.26. The van der Waals surface area contributed by atoms with Gasteiger partial charge in [0.2, 0.25) is 0 Å². The van der Waals surface area contributed by atoms with E-state index in [1.54, 1.807) is 7.11 Å². The van der Waals surface area contributed by atoms with Crippen molar-refractivity contribution in [3.05, 3.63) is 29.8 Å². The fourth-order valence-electron chi connectivity index (χ4n) is 2.46. The first-order valence-electron chi connectivity index (χ1n) is 5.52. The molecule has 82 valence electrons. The van der Waals surface area contributed by atoms with E-state index in [1.807, 2.05) is 6.07 Å². The van der Waals surface area contributed by atoms with Crippen LogP contribution in [0.25, 0.3) is 0 Å². The molecule has 0 amide bonds. The summed E-state index contributed by atoms with van der Waals surface area (Å²) in [5.74, 6) is 1.54. The van der Waals surface area contributed by atoms with Gasteiger partial charge in [-0.25, -0.2) is 0 Å². The van der Waals surface area contributed by atoms with E-state index < -0.39 is 0 Å². The van der Waals surface area contributed by atoms with Crippen LogP contribution in [-0.2, 0) is 0 Å². The first-order valence-corrected chi connectivity index (χ1v) is 5.52. The molecule has 0 saturated carbocycles. The average Bonchev–Trinajstić information content (AvgIpc) is 2.58. The second-order valence-corrected chi connectivity index (χ2v) is 4.77. The molecule has 2 nitrogen and oxygen atoms in total. The Kier molecular flexibility index (Phi) is 2.70. The molecule has 0 aliphatic carbocycles. The Bertz CT molecular complexity index is 346. The van der Waals surface area contributed by atoms with Crippen molar-refractivity contribution in [2.75, 3.05) is 13.7 Å². The van der Waals surface area contributed by atoms with E-state index in [9.17, 15) is 0 Å². The molecule has 1 unspecified atom stereocenters. The summed E-state index contributed by atoms with van der Waals surface area (Å²) >= 11 is 0. The van der Waals surface area contributed by atoms with E-state index in [-0.39, 0.29) is 5.54 Å². The average molecular weight is 205 g/mol. The van der Waals surface area contributed by atoms with E-state index in [2.05, 4.69) is 37.4 Å². The molecule has 1 aromatic rings. The zero-order chi connectivity index (χ0) is 10.9. The van der Waals surface area contributed by atoms with Crippen LogP contribution in [0.3, 0.4) is 0 Å². The van der Waals surface area contributed by atoms with Crippen LogP contribution in [0.4, 0.5) is 0 Å². The lowest BCUT2D eigenvalue weighted by atomic mass is 9.83. The third-order valence-electron chi connectivity index (χ3n) is 3.38. The van der Waals surface area contributed by atoms with Gasteiger partial charge in [0, 0.05) is 11.5 Å². The summed E-state index contributed by atoms with van der Waals surface area (Å²) in [4.78, 5) is 0. The topological polar surface area (TPSA) is 21.3 Å². The SMILES string of the molecule is COc1cccc(C2CCNC2(C)C)c1. The molecule has 2 rings (SSSR count). The Hall–Kier alpha value is -1.02. The van der Waals surface area contributed by atoms with Crippen molar-refractivity contribution in [1.82, 2.24) is 5.32 Å². The lowest BCUT2D eigenvalue weighted by molar-refractivity contribution is 0.401. The molecule has 0 aromatic heterocycles. The molecule has 1 aliphatic heterocycles. The molecule has 1 N–H and O–H groups in total. The van der Waals surface area contributed by atoms with Crippen LogP contribution in [-0.4, -0.2) is 19.2 Å². The number of nitrogens with one attached hydrogen (secondary N) is 1. The standard InChI is InChI=1S/C13H19NO/c1-13(2)12(7-8-14-13)10-5-4-6-11(9-10)15-3/h4-6,9,12,14H,7-8H2,1-3H3. The lowest BCUT2D eigenvalue weighted by Crippen LogP contribution is -2.36. The largest absolute Gasteiger partial charge is 0.497 e. The summed E-state index contributed by atoms with van der Waals surface area (Å²) in [5.41, 5.74) is 1.58. The highest BCUT2D eigenvalue weighted by atomic mass is 16.5. The maximum Gasteiger partial charge on any atom is 0.119 e. The third-order valence-corrected chi connectivity index (χ3v) is 3.38. The van der Waals surface area contributed by atoms with Gasteiger partial charge in [-0.3, -0.25) is 0 Å². The number of hydrogen-bond acceptors (Lipinski definition) is 2. The minimum absolute atomic E-state index is 0.201. The lowest BCUT2D eigenvalue weighted by Gasteiger charge is -2.27. The molecule has 1 fully saturated rings. The fourth-order valence-corrected chi connectivity index (χ4v) is 2.46. The number of benzene rings is 1. The Morgan fingerprint density at radius 3 is 2.80 bits per heavy atom. The highest BCUT2D eigenvalue weighted by Gasteiger charge is 2.34. The number of methoxy groups -OCH3 is 1. The zero-order valence-corrected chi connectivity index (χ0v) is 9.71. The maximum atomic E-state index is 5.26. The highest BCUT2D eigenvalue weighted by molar-refractivity contribution is 5.33. The molecular formula is C13H19NO. The Morgan fingerprint density at radius 2 is 2.20 bits per heavy atom. The first-order chi connectivity index (χ1) is 7.13. The van der Waals surface area contributed by atoms with Crippen LogP contribution in [0.5, 0.6) is 5.75 Å². The summed E-state index contributed by atoms with van der Waals surface area (Å²) in [6.07, 6.45) is 1.21. The third kappa shape index (κ3) is 2.00. The van der Waals surface area contributed by atoms with Crippen LogP contribution < -0.4 is 10.1 Å². The molecule has 0 bridgehead atoms. The van der Waals surface area contributed by atoms with Crippen LogP contribution in [0, 0.1) is 0 Å². The van der Waals surface area contributed by atoms with E-state index in [0.717, 1.165) is 12.3 Å². The predicted octanol–water partition coefficient (Wildman–Crippen LogP) is 2.55. The maximum absolute atomic E-state index is 5.26. The number of rotatable bonds is 2. The normalized spacial score (nSPS) is 24.1. The van der Waals surface area contributed by atoms with Crippen LogP contribution >= 0.6 is 0 Å². The van der Waals surface area contributed by atoms with Gasteiger partial charge in [0.15, 0.2) is 0 Å². The molecule has 15 heavy (non-hydrogen) atoms. The number of ether oxygens (including phenoxy) is 1. The predicted molar refractivity (Wildman–Crippen MR) is 62.4 cm³/mol.